The summed E-state index contributed by atoms with van der Waals surface area (Å²) in [7, 11) is 0. The molecular weight excluding hydrogens is 340 g/mol. The summed E-state index contributed by atoms with van der Waals surface area (Å²) in [6.45, 7) is 9.88. The predicted molar refractivity (Wildman–Crippen MR) is 86.5 cm³/mol. The first-order valence-corrected chi connectivity index (χ1v) is 8.22. The van der Waals surface area contributed by atoms with Crippen LogP contribution in [0, 0.1) is 5.92 Å². The highest BCUT2D eigenvalue weighted by molar-refractivity contribution is 9.10. The SMILES string of the molecule is CC(C)(C)N1CCC(COc2cc(Cl)ncc2Br)CC1. The van der Waals surface area contributed by atoms with E-state index < -0.39 is 0 Å². The van der Waals surface area contributed by atoms with Gasteiger partial charge in [-0.3, -0.25) is 4.90 Å². The number of likely N-dealkylation sites (tertiary alicyclic amines) is 1. The van der Waals surface area contributed by atoms with Crippen LogP contribution in [0.25, 0.3) is 0 Å². The van der Waals surface area contributed by atoms with Gasteiger partial charge in [-0.15, -0.1) is 0 Å². The predicted octanol–water partition coefficient (Wildman–Crippen LogP) is 4.39. The average molecular weight is 362 g/mol. The number of aromatic nitrogens is 1. The van der Waals surface area contributed by atoms with Crippen molar-refractivity contribution < 1.29 is 4.74 Å². The van der Waals surface area contributed by atoms with E-state index in [1.165, 1.54) is 12.8 Å². The lowest BCUT2D eigenvalue weighted by Gasteiger charge is -2.40. The van der Waals surface area contributed by atoms with Gasteiger partial charge in [-0.05, 0) is 68.6 Å². The van der Waals surface area contributed by atoms with Gasteiger partial charge >= 0.3 is 0 Å². The van der Waals surface area contributed by atoms with Gasteiger partial charge in [-0.2, -0.15) is 0 Å². The highest BCUT2D eigenvalue weighted by Gasteiger charge is 2.27. The molecular formula is C15H22BrClN2O. The monoisotopic (exact) mass is 360 g/mol. The summed E-state index contributed by atoms with van der Waals surface area (Å²) >= 11 is 9.33. The quantitative estimate of drug-likeness (QED) is 0.747. The Morgan fingerprint density at radius 2 is 2.05 bits per heavy atom. The average Bonchev–Trinajstić information content (AvgIpc) is 2.39. The third kappa shape index (κ3) is 4.34. The molecule has 1 fully saturated rings. The first-order chi connectivity index (χ1) is 9.36. The Balaban J connectivity index is 1.83. The fraction of sp³-hybridized carbons (Fsp3) is 0.667. The van der Waals surface area contributed by atoms with Crippen molar-refractivity contribution in [3.05, 3.63) is 21.9 Å². The number of nitrogens with zero attached hydrogens (tertiary/aromatic N) is 2. The second kappa shape index (κ2) is 6.63. The maximum absolute atomic E-state index is 5.89. The molecule has 0 saturated carbocycles. The number of halogens is 2. The Labute approximate surface area is 134 Å². The standard InChI is InChI=1S/C15H22BrClN2O/c1-15(2,3)19-6-4-11(5-7-19)10-20-13-8-14(17)18-9-12(13)16/h8-9,11H,4-7,10H2,1-3H3. The molecule has 2 rings (SSSR count). The number of hydrogen-bond donors (Lipinski definition) is 0. The largest absolute Gasteiger partial charge is 0.492 e. The molecule has 5 heteroatoms. The smallest absolute Gasteiger partial charge is 0.138 e. The molecule has 112 valence electrons. The van der Waals surface area contributed by atoms with E-state index in [9.17, 15) is 0 Å². The molecule has 3 nitrogen and oxygen atoms in total. The first kappa shape index (κ1) is 16.1. The minimum Gasteiger partial charge on any atom is -0.492 e. The lowest BCUT2D eigenvalue weighted by Crippen LogP contribution is -2.46. The lowest BCUT2D eigenvalue weighted by atomic mass is 9.94. The van der Waals surface area contributed by atoms with E-state index in [0.717, 1.165) is 29.9 Å². The number of piperidine rings is 1. The maximum Gasteiger partial charge on any atom is 0.138 e. The van der Waals surface area contributed by atoms with Crippen molar-refractivity contribution in [3.63, 3.8) is 0 Å². The van der Waals surface area contributed by atoms with Gasteiger partial charge in [-0.1, -0.05) is 11.6 Å². The van der Waals surface area contributed by atoms with Gasteiger partial charge in [0.2, 0.25) is 0 Å². The summed E-state index contributed by atoms with van der Waals surface area (Å²) in [5, 5.41) is 0.464. The van der Waals surface area contributed by atoms with E-state index in [1.54, 1.807) is 12.3 Å². The van der Waals surface area contributed by atoms with Crippen LogP contribution in [0.2, 0.25) is 5.15 Å². The maximum atomic E-state index is 5.89. The second-order valence-corrected chi connectivity index (χ2v) is 7.59. The van der Waals surface area contributed by atoms with E-state index in [1.807, 2.05) is 0 Å². The zero-order valence-electron chi connectivity index (χ0n) is 12.3. The molecule has 1 aromatic rings. The van der Waals surface area contributed by atoms with Gasteiger partial charge in [0, 0.05) is 17.8 Å². The molecule has 1 aromatic heterocycles. The Bertz CT molecular complexity index is 454. The summed E-state index contributed by atoms with van der Waals surface area (Å²) in [5.74, 6) is 1.40. The van der Waals surface area contributed by atoms with Crippen molar-refractivity contribution in [3.8, 4) is 5.75 Å². The van der Waals surface area contributed by atoms with Crippen LogP contribution in [0.4, 0.5) is 0 Å². The number of rotatable bonds is 3. The molecule has 0 radical (unpaired) electrons. The van der Waals surface area contributed by atoms with Crippen LogP contribution < -0.4 is 4.74 Å². The number of hydrogen-bond acceptors (Lipinski definition) is 3. The Kier molecular flexibility index (Phi) is 5.32. The molecule has 20 heavy (non-hydrogen) atoms. The Morgan fingerprint density at radius 1 is 1.40 bits per heavy atom. The molecule has 0 N–H and O–H groups in total. The van der Waals surface area contributed by atoms with Crippen molar-refractivity contribution in [2.24, 2.45) is 5.92 Å². The minimum atomic E-state index is 0.271. The van der Waals surface area contributed by atoms with Gasteiger partial charge in [0.1, 0.15) is 10.9 Å². The van der Waals surface area contributed by atoms with E-state index in [4.69, 9.17) is 16.3 Å². The normalized spacial score (nSPS) is 18.2. The lowest BCUT2D eigenvalue weighted by molar-refractivity contribution is 0.0719. The zero-order valence-corrected chi connectivity index (χ0v) is 14.7. The van der Waals surface area contributed by atoms with Crippen molar-refractivity contribution >= 4 is 27.5 Å². The molecule has 1 aliphatic heterocycles. The van der Waals surface area contributed by atoms with Crippen LogP contribution in [0.5, 0.6) is 5.75 Å². The van der Waals surface area contributed by atoms with E-state index in [-0.39, 0.29) is 5.54 Å². The van der Waals surface area contributed by atoms with Gasteiger partial charge in [0.25, 0.3) is 0 Å². The van der Waals surface area contributed by atoms with Crippen molar-refractivity contribution in [2.45, 2.75) is 39.2 Å². The van der Waals surface area contributed by atoms with Crippen molar-refractivity contribution in [1.29, 1.82) is 0 Å². The Hall–Kier alpha value is -0.320. The van der Waals surface area contributed by atoms with Crippen LogP contribution in [0.3, 0.4) is 0 Å². The van der Waals surface area contributed by atoms with E-state index in [2.05, 4.69) is 46.6 Å². The van der Waals surface area contributed by atoms with Gasteiger partial charge in [0.05, 0.1) is 11.1 Å². The van der Waals surface area contributed by atoms with E-state index in [0.29, 0.717) is 11.1 Å². The van der Waals surface area contributed by atoms with Crippen LogP contribution in [-0.4, -0.2) is 35.1 Å². The van der Waals surface area contributed by atoms with Crippen LogP contribution in [0.1, 0.15) is 33.6 Å². The topological polar surface area (TPSA) is 25.4 Å². The summed E-state index contributed by atoms with van der Waals surface area (Å²) < 4.78 is 6.74. The molecule has 2 heterocycles. The Morgan fingerprint density at radius 3 is 2.65 bits per heavy atom. The summed E-state index contributed by atoms with van der Waals surface area (Å²) in [6.07, 6.45) is 4.06. The molecule has 0 bridgehead atoms. The van der Waals surface area contributed by atoms with Crippen LogP contribution in [-0.2, 0) is 0 Å². The molecule has 0 amide bonds. The summed E-state index contributed by atoms with van der Waals surface area (Å²) in [5.41, 5.74) is 0.271. The summed E-state index contributed by atoms with van der Waals surface area (Å²) in [4.78, 5) is 6.55. The van der Waals surface area contributed by atoms with Crippen LogP contribution in [0.15, 0.2) is 16.7 Å². The van der Waals surface area contributed by atoms with Gasteiger partial charge in [0.15, 0.2) is 0 Å². The second-order valence-electron chi connectivity index (χ2n) is 6.35. The van der Waals surface area contributed by atoms with Gasteiger partial charge < -0.3 is 4.74 Å². The van der Waals surface area contributed by atoms with Crippen molar-refractivity contribution in [1.82, 2.24) is 9.88 Å². The molecule has 0 unspecified atom stereocenters. The summed E-state index contributed by atoms with van der Waals surface area (Å²) in [6, 6.07) is 1.76. The molecule has 0 aromatic carbocycles. The fourth-order valence-corrected chi connectivity index (χ4v) is 2.96. The molecule has 0 atom stereocenters. The zero-order chi connectivity index (χ0) is 14.8. The number of pyridine rings is 1. The van der Waals surface area contributed by atoms with Gasteiger partial charge in [-0.25, -0.2) is 4.98 Å². The van der Waals surface area contributed by atoms with E-state index >= 15 is 0 Å². The van der Waals surface area contributed by atoms with Crippen molar-refractivity contribution in [2.75, 3.05) is 19.7 Å². The highest BCUT2D eigenvalue weighted by Crippen LogP contribution is 2.29. The molecule has 1 saturated heterocycles. The third-order valence-electron chi connectivity index (χ3n) is 3.82. The molecule has 0 spiro atoms. The molecule has 1 aliphatic rings. The van der Waals surface area contributed by atoms with Crippen LogP contribution >= 0.6 is 27.5 Å². The highest BCUT2D eigenvalue weighted by atomic mass is 79.9. The third-order valence-corrected chi connectivity index (χ3v) is 4.63. The minimum absolute atomic E-state index is 0.271. The first-order valence-electron chi connectivity index (χ1n) is 7.05. The fourth-order valence-electron chi connectivity index (χ4n) is 2.49. The molecule has 0 aliphatic carbocycles. The number of ether oxygens (including phenoxy) is 1.